The van der Waals surface area contributed by atoms with E-state index in [0.29, 0.717) is 16.9 Å². The number of carbonyl (C=O) groups excluding carboxylic acids is 2. The predicted octanol–water partition coefficient (Wildman–Crippen LogP) is 3.93. The molecule has 0 spiro atoms. The lowest BCUT2D eigenvalue weighted by atomic mass is 10.1. The molecular weight excluding hydrogens is 384 g/mol. The van der Waals surface area contributed by atoms with Gasteiger partial charge in [0.1, 0.15) is 5.01 Å². The zero-order valence-corrected chi connectivity index (χ0v) is 17.0. The second kappa shape index (κ2) is 8.53. The molecule has 29 heavy (non-hydrogen) atoms. The minimum atomic E-state index is -0.156. The molecule has 1 aliphatic heterocycles. The van der Waals surface area contributed by atoms with Crippen LogP contribution in [0.3, 0.4) is 0 Å². The lowest BCUT2D eigenvalue weighted by molar-refractivity contribution is -0.115. The van der Waals surface area contributed by atoms with Crippen LogP contribution in [-0.4, -0.2) is 39.8 Å². The Bertz CT molecular complexity index is 1030. The molecule has 0 aliphatic carbocycles. The number of hydrogen-bond donors (Lipinski definition) is 1. The van der Waals surface area contributed by atoms with Crippen molar-refractivity contribution in [1.82, 2.24) is 14.9 Å². The molecule has 3 heterocycles. The van der Waals surface area contributed by atoms with Crippen molar-refractivity contribution in [3.05, 3.63) is 64.8 Å². The molecule has 0 saturated carbocycles. The van der Waals surface area contributed by atoms with Gasteiger partial charge >= 0.3 is 0 Å². The molecule has 0 radical (unpaired) electrons. The van der Waals surface area contributed by atoms with Crippen LogP contribution in [0.2, 0.25) is 0 Å². The number of nitrogens with one attached hydrogen (secondary N) is 1. The second-order valence-corrected chi connectivity index (χ2v) is 7.92. The van der Waals surface area contributed by atoms with Crippen molar-refractivity contribution in [3.8, 4) is 10.7 Å². The van der Waals surface area contributed by atoms with E-state index in [1.165, 1.54) is 11.3 Å². The largest absolute Gasteiger partial charge is 0.339 e. The highest BCUT2D eigenvalue weighted by Crippen LogP contribution is 2.24. The second-order valence-electron chi connectivity index (χ2n) is 7.06. The topological polar surface area (TPSA) is 75.2 Å². The average Bonchev–Trinajstić information content (AvgIpc) is 3.42. The summed E-state index contributed by atoms with van der Waals surface area (Å²) < 4.78 is 0. The number of pyridine rings is 1. The zero-order valence-electron chi connectivity index (χ0n) is 16.2. The highest BCUT2D eigenvalue weighted by molar-refractivity contribution is 7.13. The monoisotopic (exact) mass is 406 g/mol. The molecule has 4 rings (SSSR count). The third kappa shape index (κ3) is 4.35. The lowest BCUT2D eigenvalue weighted by Gasteiger charge is -2.18. The summed E-state index contributed by atoms with van der Waals surface area (Å²) in [6.45, 7) is 3.48. The Morgan fingerprint density at radius 3 is 2.72 bits per heavy atom. The fraction of sp³-hybridized carbons (Fsp3) is 0.273. The maximum atomic E-state index is 12.7. The number of aromatic nitrogens is 2. The first kappa shape index (κ1) is 19.3. The standard InChI is InChI=1S/C22H22N4O2S/c1-15-17(22(28)26-11-4-5-12-26)7-6-9-18(15)25-20(27)13-16-14-29-21(24-16)19-8-2-3-10-23-19/h2-3,6-10,14H,4-5,11-13H2,1H3,(H,25,27). The number of thiazole rings is 1. The van der Waals surface area contributed by atoms with Crippen LogP contribution in [0.4, 0.5) is 5.69 Å². The van der Waals surface area contributed by atoms with E-state index in [0.717, 1.165) is 42.2 Å². The van der Waals surface area contributed by atoms with E-state index in [4.69, 9.17) is 0 Å². The van der Waals surface area contributed by atoms with Gasteiger partial charge in [0.15, 0.2) is 0 Å². The van der Waals surface area contributed by atoms with Crippen molar-refractivity contribution in [2.75, 3.05) is 18.4 Å². The van der Waals surface area contributed by atoms with Gasteiger partial charge in [0.25, 0.3) is 5.91 Å². The van der Waals surface area contributed by atoms with Crippen molar-refractivity contribution in [3.63, 3.8) is 0 Å². The number of hydrogen-bond acceptors (Lipinski definition) is 5. The number of likely N-dealkylation sites (tertiary alicyclic amines) is 1. The average molecular weight is 407 g/mol. The number of benzene rings is 1. The van der Waals surface area contributed by atoms with E-state index in [9.17, 15) is 9.59 Å². The summed E-state index contributed by atoms with van der Waals surface area (Å²) in [5.74, 6) is -0.118. The van der Waals surface area contributed by atoms with Crippen molar-refractivity contribution in [1.29, 1.82) is 0 Å². The summed E-state index contributed by atoms with van der Waals surface area (Å²) in [4.78, 5) is 36.0. The minimum Gasteiger partial charge on any atom is -0.339 e. The molecular formula is C22H22N4O2S. The Morgan fingerprint density at radius 1 is 1.14 bits per heavy atom. The highest BCUT2D eigenvalue weighted by Gasteiger charge is 2.22. The van der Waals surface area contributed by atoms with Gasteiger partial charge < -0.3 is 10.2 Å². The summed E-state index contributed by atoms with van der Waals surface area (Å²) in [5.41, 5.74) is 3.62. The van der Waals surface area contributed by atoms with Crippen molar-refractivity contribution >= 4 is 28.8 Å². The van der Waals surface area contributed by atoms with Crippen LogP contribution < -0.4 is 5.32 Å². The minimum absolute atomic E-state index is 0.0376. The van der Waals surface area contributed by atoms with Crippen LogP contribution >= 0.6 is 11.3 Å². The summed E-state index contributed by atoms with van der Waals surface area (Å²) in [6.07, 6.45) is 4.00. The molecule has 2 amide bonds. The van der Waals surface area contributed by atoms with Gasteiger partial charge in [0.05, 0.1) is 17.8 Å². The van der Waals surface area contributed by atoms with Gasteiger partial charge in [-0.25, -0.2) is 4.98 Å². The number of nitrogens with zero attached hydrogens (tertiary/aromatic N) is 3. The first-order chi connectivity index (χ1) is 14.1. The highest BCUT2D eigenvalue weighted by atomic mass is 32.1. The van der Waals surface area contributed by atoms with Gasteiger partial charge in [0, 0.05) is 35.9 Å². The molecule has 1 aliphatic rings. The van der Waals surface area contributed by atoms with Crippen LogP contribution in [0.25, 0.3) is 10.7 Å². The normalized spacial score (nSPS) is 13.5. The van der Waals surface area contributed by atoms with E-state index in [1.54, 1.807) is 6.20 Å². The molecule has 2 aromatic heterocycles. The third-order valence-electron chi connectivity index (χ3n) is 5.01. The Hall–Kier alpha value is -3.06. The molecule has 0 unspecified atom stereocenters. The van der Waals surface area contributed by atoms with Gasteiger partial charge in [-0.05, 0) is 49.6 Å². The van der Waals surface area contributed by atoms with E-state index in [1.807, 2.05) is 53.6 Å². The summed E-state index contributed by atoms with van der Waals surface area (Å²) in [5, 5.41) is 5.61. The number of anilines is 1. The van der Waals surface area contributed by atoms with Gasteiger partial charge in [-0.15, -0.1) is 11.3 Å². The van der Waals surface area contributed by atoms with Crippen molar-refractivity contribution in [2.45, 2.75) is 26.2 Å². The summed E-state index contributed by atoms with van der Waals surface area (Å²) >= 11 is 1.47. The predicted molar refractivity (Wildman–Crippen MR) is 114 cm³/mol. The van der Waals surface area contributed by atoms with Crippen LogP contribution in [-0.2, 0) is 11.2 Å². The Balaban J connectivity index is 1.44. The smallest absolute Gasteiger partial charge is 0.254 e. The first-order valence-corrected chi connectivity index (χ1v) is 10.5. The van der Waals surface area contributed by atoms with Gasteiger partial charge in [0.2, 0.25) is 5.91 Å². The Kier molecular flexibility index (Phi) is 5.67. The maximum Gasteiger partial charge on any atom is 0.254 e. The molecule has 3 aromatic rings. The first-order valence-electron chi connectivity index (χ1n) is 9.66. The molecule has 6 nitrogen and oxygen atoms in total. The molecule has 7 heteroatoms. The number of carbonyl (C=O) groups is 2. The number of rotatable bonds is 5. The van der Waals surface area contributed by atoms with E-state index >= 15 is 0 Å². The number of amides is 2. The van der Waals surface area contributed by atoms with Crippen molar-refractivity contribution < 1.29 is 9.59 Å². The van der Waals surface area contributed by atoms with Crippen LogP contribution in [0.5, 0.6) is 0 Å². The quantitative estimate of drug-likeness (QED) is 0.697. The van der Waals surface area contributed by atoms with E-state index in [-0.39, 0.29) is 18.2 Å². The zero-order chi connectivity index (χ0) is 20.2. The molecule has 1 aromatic carbocycles. The Labute approximate surface area is 173 Å². The maximum absolute atomic E-state index is 12.7. The van der Waals surface area contributed by atoms with Gasteiger partial charge in [-0.2, -0.15) is 0 Å². The van der Waals surface area contributed by atoms with E-state index in [2.05, 4.69) is 15.3 Å². The lowest BCUT2D eigenvalue weighted by Crippen LogP contribution is -2.28. The fourth-order valence-electron chi connectivity index (χ4n) is 3.45. The fourth-order valence-corrected chi connectivity index (χ4v) is 4.24. The van der Waals surface area contributed by atoms with Crippen LogP contribution in [0.1, 0.15) is 34.5 Å². The summed E-state index contributed by atoms with van der Waals surface area (Å²) in [7, 11) is 0. The third-order valence-corrected chi connectivity index (χ3v) is 5.92. The van der Waals surface area contributed by atoms with Crippen LogP contribution in [0.15, 0.2) is 48.0 Å². The molecule has 0 bridgehead atoms. The molecule has 1 fully saturated rings. The molecule has 0 atom stereocenters. The summed E-state index contributed by atoms with van der Waals surface area (Å²) in [6, 6.07) is 11.1. The van der Waals surface area contributed by atoms with Gasteiger partial charge in [-0.3, -0.25) is 14.6 Å². The van der Waals surface area contributed by atoms with E-state index < -0.39 is 0 Å². The Morgan fingerprint density at radius 2 is 1.97 bits per heavy atom. The SMILES string of the molecule is Cc1c(NC(=O)Cc2csc(-c3ccccn3)n2)cccc1C(=O)N1CCCC1. The molecule has 1 N–H and O–H groups in total. The molecule has 148 valence electrons. The molecule has 1 saturated heterocycles. The van der Waals surface area contributed by atoms with Gasteiger partial charge in [-0.1, -0.05) is 12.1 Å². The van der Waals surface area contributed by atoms with Crippen molar-refractivity contribution in [2.24, 2.45) is 0 Å². The van der Waals surface area contributed by atoms with Crippen LogP contribution in [0, 0.1) is 6.92 Å².